The number of carbonyl (C=O) groups is 1. The summed E-state index contributed by atoms with van der Waals surface area (Å²) in [7, 11) is 1.38. The first-order chi connectivity index (χ1) is 8.70. The largest absolute Gasteiger partial charge is 0.469 e. The quantitative estimate of drug-likeness (QED) is 0.779. The lowest BCUT2D eigenvalue weighted by atomic mass is 10.2. The van der Waals surface area contributed by atoms with E-state index in [1.165, 1.54) is 7.11 Å². The van der Waals surface area contributed by atoms with Gasteiger partial charge in [-0.25, -0.2) is 0 Å². The molecule has 1 saturated heterocycles. The summed E-state index contributed by atoms with van der Waals surface area (Å²) in [6.07, 6.45) is 3.42. The van der Waals surface area contributed by atoms with Crippen molar-refractivity contribution in [3.05, 3.63) is 23.5 Å². The van der Waals surface area contributed by atoms with Gasteiger partial charge in [-0.15, -0.1) is 0 Å². The third-order valence-electron chi connectivity index (χ3n) is 2.85. The van der Waals surface area contributed by atoms with E-state index in [1.807, 2.05) is 6.07 Å². The van der Waals surface area contributed by atoms with E-state index in [0.29, 0.717) is 18.2 Å². The van der Waals surface area contributed by atoms with Crippen LogP contribution in [0.4, 0.5) is 5.69 Å². The Kier molecular flexibility index (Phi) is 4.38. The van der Waals surface area contributed by atoms with Gasteiger partial charge in [-0.05, 0) is 6.07 Å². The van der Waals surface area contributed by atoms with E-state index < -0.39 is 0 Å². The summed E-state index contributed by atoms with van der Waals surface area (Å²) in [5, 5.41) is 0.608. The molecular formula is C12H15ClN2O3. The van der Waals surface area contributed by atoms with Gasteiger partial charge in [0.05, 0.1) is 37.0 Å². The minimum atomic E-state index is -0.261. The maximum Gasteiger partial charge on any atom is 0.308 e. The number of aromatic nitrogens is 1. The molecule has 1 fully saturated rings. The van der Waals surface area contributed by atoms with Crippen molar-refractivity contribution in [1.82, 2.24) is 4.98 Å². The zero-order valence-electron chi connectivity index (χ0n) is 10.1. The SMILES string of the molecule is COC(=O)CC1CN(c2ccncc2Cl)CCO1. The number of morpholine rings is 1. The molecule has 6 heteroatoms. The van der Waals surface area contributed by atoms with Gasteiger partial charge in [0.25, 0.3) is 0 Å². The van der Waals surface area contributed by atoms with Crippen molar-refractivity contribution < 1.29 is 14.3 Å². The van der Waals surface area contributed by atoms with E-state index in [4.69, 9.17) is 16.3 Å². The molecule has 0 amide bonds. The summed E-state index contributed by atoms with van der Waals surface area (Å²) in [5.41, 5.74) is 0.921. The highest BCUT2D eigenvalue weighted by Gasteiger charge is 2.24. The Morgan fingerprint density at radius 2 is 2.56 bits per heavy atom. The van der Waals surface area contributed by atoms with Gasteiger partial charge in [-0.3, -0.25) is 9.78 Å². The van der Waals surface area contributed by atoms with Crippen LogP contribution in [0.15, 0.2) is 18.5 Å². The zero-order valence-corrected chi connectivity index (χ0v) is 10.9. The maximum absolute atomic E-state index is 11.2. The van der Waals surface area contributed by atoms with E-state index in [1.54, 1.807) is 12.4 Å². The number of rotatable bonds is 3. The van der Waals surface area contributed by atoms with Crippen LogP contribution in [0.2, 0.25) is 5.02 Å². The maximum atomic E-state index is 11.2. The van der Waals surface area contributed by atoms with Gasteiger partial charge < -0.3 is 14.4 Å². The van der Waals surface area contributed by atoms with Crippen LogP contribution in [-0.2, 0) is 14.3 Å². The van der Waals surface area contributed by atoms with Crippen LogP contribution < -0.4 is 4.90 Å². The van der Waals surface area contributed by atoms with Crippen LogP contribution in [0, 0.1) is 0 Å². The summed E-state index contributed by atoms with van der Waals surface area (Å²) in [6.45, 7) is 1.94. The second-order valence-electron chi connectivity index (χ2n) is 4.05. The predicted octanol–water partition coefficient (Wildman–Crippen LogP) is 1.50. The third-order valence-corrected chi connectivity index (χ3v) is 3.14. The zero-order chi connectivity index (χ0) is 13.0. The first-order valence-corrected chi connectivity index (χ1v) is 6.11. The summed E-state index contributed by atoms with van der Waals surface area (Å²) < 4.78 is 10.2. The molecule has 0 N–H and O–H groups in total. The molecule has 98 valence electrons. The van der Waals surface area contributed by atoms with Crippen molar-refractivity contribution in [3.63, 3.8) is 0 Å². The number of hydrogen-bond acceptors (Lipinski definition) is 5. The first kappa shape index (κ1) is 13.1. The number of carbonyl (C=O) groups excluding carboxylic acids is 1. The second-order valence-corrected chi connectivity index (χ2v) is 4.45. The summed E-state index contributed by atoms with van der Waals surface area (Å²) >= 11 is 6.10. The average Bonchev–Trinajstić information content (AvgIpc) is 2.39. The lowest BCUT2D eigenvalue weighted by Crippen LogP contribution is -2.43. The number of anilines is 1. The van der Waals surface area contributed by atoms with Crippen molar-refractivity contribution in [1.29, 1.82) is 0 Å². The molecule has 1 aromatic heterocycles. The standard InChI is InChI=1S/C12H15ClN2O3/c1-17-12(16)6-9-8-15(4-5-18-9)11-2-3-14-7-10(11)13/h2-3,7,9H,4-6,8H2,1H3. The molecule has 1 atom stereocenters. The van der Waals surface area contributed by atoms with Gasteiger partial charge in [-0.1, -0.05) is 11.6 Å². The minimum Gasteiger partial charge on any atom is -0.469 e. The van der Waals surface area contributed by atoms with Crippen LogP contribution in [0.25, 0.3) is 0 Å². The first-order valence-electron chi connectivity index (χ1n) is 5.73. The van der Waals surface area contributed by atoms with E-state index in [-0.39, 0.29) is 18.5 Å². The Morgan fingerprint density at radius 1 is 1.72 bits per heavy atom. The van der Waals surface area contributed by atoms with E-state index in [9.17, 15) is 4.79 Å². The van der Waals surface area contributed by atoms with Crippen molar-refractivity contribution in [2.24, 2.45) is 0 Å². The number of pyridine rings is 1. The predicted molar refractivity (Wildman–Crippen MR) is 67.8 cm³/mol. The lowest BCUT2D eigenvalue weighted by Gasteiger charge is -2.34. The number of halogens is 1. The molecule has 0 spiro atoms. The lowest BCUT2D eigenvalue weighted by molar-refractivity contribution is -0.144. The van der Waals surface area contributed by atoms with Gasteiger partial charge in [0.2, 0.25) is 0 Å². The molecule has 0 aromatic carbocycles. The highest BCUT2D eigenvalue weighted by Crippen LogP contribution is 2.26. The molecule has 1 unspecified atom stereocenters. The number of hydrogen-bond donors (Lipinski definition) is 0. The van der Waals surface area contributed by atoms with Crippen molar-refractivity contribution in [2.75, 3.05) is 31.7 Å². The Morgan fingerprint density at radius 3 is 3.28 bits per heavy atom. The number of nitrogens with zero attached hydrogens (tertiary/aromatic N) is 2. The van der Waals surface area contributed by atoms with E-state index in [2.05, 4.69) is 14.6 Å². The third kappa shape index (κ3) is 3.11. The van der Waals surface area contributed by atoms with Crippen molar-refractivity contribution >= 4 is 23.3 Å². The number of methoxy groups -OCH3 is 1. The molecule has 0 radical (unpaired) electrons. The molecule has 0 bridgehead atoms. The van der Waals surface area contributed by atoms with Gasteiger partial charge in [0.15, 0.2) is 0 Å². The molecule has 1 aromatic rings. The highest BCUT2D eigenvalue weighted by atomic mass is 35.5. The van der Waals surface area contributed by atoms with Crippen LogP contribution in [0.5, 0.6) is 0 Å². The van der Waals surface area contributed by atoms with Crippen molar-refractivity contribution in [3.8, 4) is 0 Å². The topological polar surface area (TPSA) is 51.7 Å². The Bertz CT molecular complexity index is 428. The Balaban J connectivity index is 2.03. The fourth-order valence-electron chi connectivity index (χ4n) is 1.96. The Hall–Kier alpha value is -1.33. The monoisotopic (exact) mass is 270 g/mol. The second kappa shape index (κ2) is 6.02. The molecule has 0 aliphatic carbocycles. The molecule has 5 nitrogen and oxygen atoms in total. The summed E-state index contributed by atoms with van der Waals surface area (Å²) in [4.78, 5) is 17.3. The molecule has 2 rings (SSSR count). The van der Waals surface area contributed by atoms with Crippen LogP contribution in [0.3, 0.4) is 0 Å². The number of ether oxygens (including phenoxy) is 2. The van der Waals surface area contributed by atoms with Gasteiger partial charge >= 0.3 is 5.97 Å². The molecular weight excluding hydrogens is 256 g/mol. The minimum absolute atomic E-state index is 0.157. The fourth-order valence-corrected chi connectivity index (χ4v) is 2.19. The molecule has 2 heterocycles. The van der Waals surface area contributed by atoms with E-state index in [0.717, 1.165) is 12.2 Å². The highest BCUT2D eigenvalue weighted by molar-refractivity contribution is 6.33. The molecule has 1 aliphatic rings. The molecule has 1 aliphatic heterocycles. The normalized spacial score (nSPS) is 19.7. The molecule has 0 saturated carbocycles. The van der Waals surface area contributed by atoms with Crippen LogP contribution >= 0.6 is 11.6 Å². The fraction of sp³-hybridized carbons (Fsp3) is 0.500. The van der Waals surface area contributed by atoms with Gasteiger partial charge in [-0.2, -0.15) is 0 Å². The van der Waals surface area contributed by atoms with Gasteiger partial charge in [0, 0.05) is 25.5 Å². The smallest absolute Gasteiger partial charge is 0.308 e. The van der Waals surface area contributed by atoms with Crippen LogP contribution in [0.1, 0.15) is 6.42 Å². The van der Waals surface area contributed by atoms with Gasteiger partial charge in [0.1, 0.15) is 0 Å². The van der Waals surface area contributed by atoms with Crippen LogP contribution in [-0.4, -0.2) is 43.9 Å². The van der Waals surface area contributed by atoms with Crippen molar-refractivity contribution in [2.45, 2.75) is 12.5 Å². The molecule has 18 heavy (non-hydrogen) atoms. The summed E-state index contributed by atoms with van der Waals surface area (Å²) in [6, 6.07) is 1.86. The summed E-state index contributed by atoms with van der Waals surface area (Å²) in [5.74, 6) is -0.261. The Labute approximate surface area is 111 Å². The van der Waals surface area contributed by atoms with E-state index >= 15 is 0 Å². The number of esters is 1. The average molecular weight is 271 g/mol.